The molecule has 1 heterocycles. The van der Waals surface area contributed by atoms with Crippen molar-refractivity contribution >= 4 is 38.5 Å². The van der Waals surface area contributed by atoms with E-state index in [2.05, 4.69) is 9.88 Å². The first kappa shape index (κ1) is 36.5. The molecule has 0 radical (unpaired) electrons. The number of nitro benzene ring substituents is 1. The number of benzene rings is 3. The number of aromatic nitrogens is 1. The molecule has 0 spiro atoms. The number of ether oxygens (including phenoxy) is 2. The van der Waals surface area contributed by atoms with Gasteiger partial charge in [-0.2, -0.15) is 0 Å². The first-order valence-corrected chi connectivity index (χ1v) is 18.4. The van der Waals surface area contributed by atoms with Gasteiger partial charge in [-0.1, -0.05) is 56.0 Å². The number of fused-ring (bicyclic) bond motifs is 1. The second-order valence-electron chi connectivity index (χ2n) is 12.6. The number of para-hydroxylation sites is 2. The maximum Gasteiger partial charge on any atom is 0.337 e. The lowest BCUT2D eigenvalue weighted by molar-refractivity contribution is -0.387. The van der Waals surface area contributed by atoms with Crippen molar-refractivity contribution in [3.8, 4) is 17.0 Å². The van der Waals surface area contributed by atoms with E-state index < -0.39 is 20.6 Å². The normalized spacial score (nSPS) is 13.8. The zero-order valence-electron chi connectivity index (χ0n) is 28.7. The molecule has 266 valence electrons. The standard InChI is InChI=1S/C37H44N4O8S/c1-39(50(46,47)33-19-11-9-17-30(33)41(44)45)23-13-5-12-22-38-34(42)25-49-32-18-10-8-16-29(32)36-35(26-14-6-4-7-15-26)28-21-20-27(37(43)48-3)24-31(28)40(36)2/h8-11,16-21,24,26H,4-7,12-15,22-23,25H2,1-3H3,(H,38,42). The highest BCUT2D eigenvalue weighted by molar-refractivity contribution is 7.89. The topological polar surface area (TPSA) is 150 Å². The molecule has 1 aromatic heterocycles. The molecular weight excluding hydrogens is 660 g/mol. The third kappa shape index (κ3) is 8.00. The Morgan fingerprint density at radius 1 is 1.00 bits per heavy atom. The Balaban J connectivity index is 1.20. The molecule has 1 N–H and O–H groups in total. The molecule has 3 aromatic carbocycles. The number of nitrogens with one attached hydrogen (secondary N) is 1. The summed E-state index contributed by atoms with van der Waals surface area (Å²) in [5, 5.41) is 15.3. The maximum atomic E-state index is 12.9. The van der Waals surface area contributed by atoms with Crippen LogP contribution >= 0.6 is 0 Å². The number of esters is 1. The zero-order chi connectivity index (χ0) is 35.8. The predicted molar refractivity (Wildman–Crippen MR) is 191 cm³/mol. The second kappa shape index (κ2) is 16.3. The Labute approximate surface area is 292 Å². The summed E-state index contributed by atoms with van der Waals surface area (Å²) in [5.41, 5.74) is 4.08. The van der Waals surface area contributed by atoms with E-state index in [4.69, 9.17) is 9.47 Å². The van der Waals surface area contributed by atoms with Gasteiger partial charge in [-0.05, 0) is 67.5 Å². The van der Waals surface area contributed by atoms with E-state index in [-0.39, 0.29) is 29.9 Å². The smallest absolute Gasteiger partial charge is 0.337 e. The van der Waals surface area contributed by atoms with E-state index in [0.717, 1.165) is 52.1 Å². The van der Waals surface area contributed by atoms with Gasteiger partial charge in [-0.15, -0.1) is 0 Å². The third-order valence-electron chi connectivity index (χ3n) is 9.40. The van der Waals surface area contributed by atoms with Crippen molar-refractivity contribution in [3.05, 3.63) is 88.0 Å². The molecule has 0 aliphatic heterocycles. The summed E-state index contributed by atoms with van der Waals surface area (Å²) < 4.78 is 40.2. The quantitative estimate of drug-likeness (QED) is 0.0632. The van der Waals surface area contributed by atoms with Gasteiger partial charge in [-0.25, -0.2) is 17.5 Å². The van der Waals surface area contributed by atoms with Crippen molar-refractivity contribution in [1.82, 2.24) is 14.2 Å². The van der Waals surface area contributed by atoms with Crippen LogP contribution in [0.2, 0.25) is 0 Å². The van der Waals surface area contributed by atoms with Crippen LogP contribution in [0.5, 0.6) is 5.75 Å². The summed E-state index contributed by atoms with van der Waals surface area (Å²) in [6.45, 7) is 0.397. The highest BCUT2D eigenvalue weighted by atomic mass is 32.2. The number of rotatable bonds is 15. The molecule has 5 rings (SSSR count). The highest BCUT2D eigenvalue weighted by Crippen LogP contribution is 2.46. The number of aryl methyl sites for hydroxylation is 1. The number of hydrogen-bond acceptors (Lipinski definition) is 8. The van der Waals surface area contributed by atoms with Gasteiger partial charge in [0.2, 0.25) is 10.0 Å². The zero-order valence-corrected chi connectivity index (χ0v) is 29.5. The second-order valence-corrected chi connectivity index (χ2v) is 14.6. The first-order chi connectivity index (χ1) is 24.0. The minimum Gasteiger partial charge on any atom is -0.483 e. The van der Waals surface area contributed by atoms with E-state index in [0.29, 0.717) is 43.0 Å². The summed E-state index contributed by atoms with van der Waals surface area (Å²) in [6, 6.07) is 18.7. The molecule has 0 bridgehead atoms. The van der Waals surface area contributed by atoms with E-state index >= 15 is 0 Å². The van der Waals surface area contributed by atoms with Crippen molar-refractivity contribution < 1.29 is 32.4 Å². The van der Waals surface area contributed by atoms with Crippen molar-refractivity contribution in [2.75, 3.05) is 33.9 Å². The Morgan fingerprint density at radius 3 is 2.46 bits per heavy atom. The average Bonchev–Trinajstić information content (AvgIpc) is 3.43. The number of carbonyl (C=O) groups excluding carboxylic acids is 2. The van der Waals surface area contributed by atoms with Crippen LogP contribution in [0.4, 0.5) is 5.69 Å². The average molecular weight is 705 g/mol. The minimum atomic E-state index is -4.02. The van der Waals surface area contributed by atoms with Crippen molar-refractivity contribution in [1.29, 1.82) is 0 Å². The van der Waals surface area contributed by atoms with Crippen LogP contribution in [0.1, 0.15) is 73.2 Å². The molecule has 1 saturated carbocycles. The van der Waals surface area contributed by atoms with Crippen molar-refractivity contribution in [3.63, 3.8) is 0 Å². The predicted octanol–water partition coefficient (Wildman–Crippen LogP) is 6.57. The van der Waals surface area contributed by atoms with Gasteiger partial charge in [0.1, 0.15) is 5.75 Å². The van der Waals surface area contributed by atoms with Gasteiger partial charge in [-0.3, -0.25) is 14.9 Å². The fourth-order valence-electron chi connectivity index (χ4n) is 6.80. The lowest BCUT2D eigenvalue weighted by Gasteiger charge is -2.24. The molecule has 4 aromatic rings. The lowest BCUT2D eigenvalue weighted by atomic mass is 9.81. The number of methoxy groups -OCH3 is 1. The van der Waals surface area contributed by atoms with Crippen molar-refractivity contribution in [2.24, 2.45) is 7.05 Å². The van der Waals surface area contributed by atoms with E-state index in [1.165, 1.54) is 50.4 Å². The van der Waals surface area contributed by atoms with Gasteiger partial charge in [0.15, 0.2) is 11.5 Å². The molecule has 12 nitrogen and oxygen atoms in total. The Bertz CT molecular complexity index is 1970. The largest absolute Gasteiger partial charge is 0.483 e. The number of sulfonamides is 1. The van der Waals surface area contributed by atoms with Crippen LogP contribution in [-0.2, 0) is 26.6 Å². The monoisotopic (exact) mass is 704 g/mol. The number of hydrogen-bond donors (Lipinski definition) is 1. The molecule has 1 amide bonds. The van der Waals surface area contributed by atoms with Gasteiger partial charge in [0, 0.05) is 49.7 Å². The number of nitrogens with zero attached hydrogens (tertiary/aromatic N) is 3. The minimum absolute atomic E-state index is 0.178. The molecule has 0 unspecified atom stereocenters. The van der Waals surface area contributed by atoms with Crippen LogP contribution in [-0.4, -0.2) is 67.9 Å². The van der Waals surface area contributed by atoms with Crippen LogP contribution in [0, 0.1) is 10.1 Å². The Morgan fingerprint density at radius 2 is 1.72 bits per heavy atom. The van der Waals surface area contributed by atoms with Gasteiger partial charge in [0.05, 0.1) is 23.3 Å². The number of amides is 1. The van der Waals surface area contributed by atoms with E-state index in [1.54, 1.807) is 0 Å². The van der Waals surface area contributed by atoms with Crippen molar-refractivity contribution in [2.45, 2.75) is 62.2 Å². The fraction of sp³-hybridized carbons (Fsp3) is 0.405. The molecule has 1 fully saturated rings. The molecule has 1 aliphatic carbocycles. The van der Waals surface area contributed by atoms with Gasteiger partial charge >= 0.3 is 5.97 Å². The molecular formula is C37H44N4O8S. The summed E-state index contributed by atoms with van der Waals surface area (Å²) in [7, 11) is 0.751. The highest BCUT2D eigenvalue weighted by Gasteiger charge is 2.29. The molecule has 0 saturated heterocycles. The van der Waals surface area contributed by atoms with Gasteiger partial charge < -0.3 is 19.4 Å². The Hall–Kier alpha value is -4.75. The number of carbonyl (C=O) groups is 2. The van der Waals surface area contributed by atoms with E-state index in [1.807, 2.05) is 49.5 Å². The summed E-state index contributed by atoms with van der Waals surface area (Å²) in [6.07, 6.45) is 7.49. The molecule has 13 heteroatoms. The number of nitro groups is 1. The maximum absolute atomic E-state index is 12.9. The Kier molecular flexibility index (Phi) is 11.9. The van der Waals surface area contributed by atoms with Crippen LogP contribution in [0.25, 0.3) is 22.2 Å². The first-order valence-electron chi connectivity index (χ1n) is 16.9. The fourth-order valence-corrected chi connectivity index (χ4v) is 8.16. The van der Waals surface area contributed by atoms with Crippen LogP contribution in [0.15, 0.2) is 71.6 Å². The summed E-state index contributed by atoms with van der Waals surface area (Å²) >= 11 is 0. The third-order valence-corrected chi connectivity index (χ3v) is 11.3. The van der Waals surface area contributed by atoms with Crippen LogP contribution < -0.4 is 10.1 Å². The molecule has 1 aliphatic rings. The van der Waals surface area contributed by atoms with Crippen LogP contribution in [0.3, 0.4) is 0 Å². The molecule has 50 heavy (non-hydrogen) atoms. The summed E-state index contributed by atoms with van der Waals surface area (Å²) in [5.74, 6) is 0.282. The lowest BCUT2D eigenvalue weighted by Crippen LogP contribution is -2.30. The molecule has 0 atom stereocenters. The van der Waals surface area contributed by atoms with Gasteiger partial charge in [0.25, 0.3) is 11.6 Å². The summed E-state index contributed by atoms with van der Waals surface area (Å²) in [4.78, 5) is 35.5. The SMILES string of the molecule is COC(=O)c1ccc2c(C3CCCCC3)c(-c3ccccc3OCC(=O)NCCCCCN(C)S(=O)(=O)c3ccccc3[N+](=O)[O-])n(C)c2c1. The van der Waals surface area contributed by atoms with E-state index in [9.17, 15) is 28.1 Å². The number of unbranched alkanes of at least 4 members (excludes halogenated alkanes) is 2.